The van der Waals surface area contributed by atoms with Gasteiger partial charge in [0.2, 0.25) is 0 Å². The third-order valence-corrected chi connectivity index (χ3v) is 4.42. The van der Waals surface area contributed by atoms with Crippen LogP contribution in [-0.4, -0.2) is 23.5 Å². The molecule has 0 aromatic carbocycles. The first-order valence-electron chi connectivity index (χ1n) is 7.45. The summed E-state index contributed by atoms with van der Waals surface area (Å²) in [5, 5.41) is 4.44. The Hall–Kier alpha value is -0.380. The minimum atomic E-state index is 0.337. The van der Waals surface area contributed by atoms with E-state index < -0.39 is 0 Å². The molecule has 1 atom stereocenters. The molecule has 0 amide bonds. The Bertz CT molecular complexity index is 363. The van der Waals surface area contributed by atoms with Gasteiger partial charge in [-0.05, 0) is 53.5 Å². The van der Waals surface area contributed by atoms with Gasteiger partial charge in [-0.15, -0.1) is 0 Å². The average molecular weight is 280 g/mol. The van der Waals surface area contributed by atoms with E-state index in [9.17, 15) is 0 Å². The van der Waals surface area contributed by atoms with E-state index in [0.717, 1.165) is 32.0 Å². The van der Waals surface area contributed by atoms with Crippen molar-refractivity contribution in [3.8, 4) is 0 Å². The highest BCUT2D eigenvalue weighted by Gasteiger charge is 2.29. The first-order valence-corrected chi connectivity index (χ1v) is 8.39. The molecule has 1 aliphatic carbocycles. The molecule has 3 heteroatoms. The van der Waals surface area contributed by atoms with Crippen LogP contribution in [0.4, 0.5) is 0 Å². The molecule has 0 aliphatic heterocycles. The van der Waals surface area contributed by atoms with E-state index >= 15 is 0 Å². The Morgan fingerprint density at radius 2 is 2.16 bits per heavy atom. The Morgan fingerprint density at radius 3 is 2.68 bits per heavy atom. The van der Waals surface area contributed by atoms with E-state index in [1.807, 2.05) is 0 Å². The number of thiophene rings is 1. The molecule has 2 nitrogen and oxygen atoms in total. The second-order valence-corrected chi connectivity index (χ2v) is 7.93. The molecule has 19 heavy (non-hydrogen) atoms. The van der Waals surface area contributed by atoms with Crippen molar-refractivity contribution < 1.29 is 0 Å². The van der Waals surface area contributed by atoms with Crippen molar-refractivity contribution in [2.75, 3.05) is 6.54 Å². The molecule has 1 saturated carbocycles. The summed E-state index contributed by atoms with van der Waals surface area (Å²) in [6.07, 6.45) is 4.99. The fraction of sp³-hybridized carbons (Fsp3) is 0.750. The van der Waals surface area contributed by atoms with Crippen LogP contribution in [0.3, 0.4) is 0 Å². The van der Waals surface area contributed by atoms with Crippen LogP contribution in [0.2, 0.25) is 0 Å². The topological polar surface area (TPSA) is 29.3 Å². The molecule has 0 radical (unpaired) electrons. The van der Waals surface area contributed by atoms with E-state index in [-0.39, 0.29) is 0 Å². The van der Waals surface area contributed by atoms with Crippen molar-refractivity contribution in [3.63, 3.8) is 0 Å². The summed E-state index contributed by atoms with van der Waals surface area (Å²) in [5.41, 5.74) is 8.08. The van der Waals surface area contributed by atoms with Crippen molar-refractivity contribution in [1.82, 2.24) is 4.90 Å². The van der Waals surface area contributed by atoms with Gasteiger partial charge in [-0.1, -0.05) is 20.8 Å². The Kier molecular flexibility index (Phi) is 5.04. The molecule has 1 aliphatic rings. The zero-order valence-electron chi connectivity index (χ0n) is 12.6. The van der Waals surface area contributed by atoms with Gasteiger partial charge in [0.25, 0.3) is 0 Å². The summed E-state index contributed by atoms with van der Waals surface area (Å²) < 4.78 is 0. The SMILES string of the molecule is CC(C)(C)CC(N)CCN(Cc1ccsc1)C1CC1. The van der Waals surface area contributed by atoms with Gasteiger partial charge in [0.05, 0.1) is 0 Å². The van der Waals surface area contributed by atoms with Gasteiger partial charge in [-0.25, -0.2) is 0 Å². The quantitative estimate of drug-likeness (QED) is 0.821. The number of nitrogens with zero attached hydrogens (tertiary/aromatic N) is 1. The van der Waals surface area contributed by atoms with Gasteiger partial charge >= 0.3 is 0 Å². The molecule has 1 aromatic heterocycles. The Labute approximate surface area is 122 Å². The molecule has 2 N–H and O–H groups in total. The van der Waals surface area contributed by atoms with Gasteiger partial charge in [-0.3, -0.25) is 4.90 Å². The lowest BCUT2D eigenvalue weighted by Gasteiger charge is -2.27. The van der Waals surface area contributed by atoms with Crippen LogP contribution in [0.5, 0.6) is 0 Å². The normalized spacial score (nSPS) is 17.9. The van der Waals surface area contributed by atoms with Crippen LogP contribution in [-0.2, 0) is 6.54 Å². The largest absolute Gasteiger partial charge is 0.328 e. The zero-order valence-corrected chi connectivity index (χ0v) is 13.4. The predicted molar refractivity (Wildman–Crippen MR) is 84.4 cm³/mol. The van der Waals surface area contributed by atoms with Crippen LogP contribution in [0.25, 0.3) is 0 Å². The number of nitrogens with two attached hydrogens (primary N) is 1. The maximum atomic E-state index is 6.28. The third kappa shape index (κ3) is 5.64. The average Bonchev–Trinajstić information content (AvgIpc) is 3.00. The van der Waals surface area contributed by atoms with Crippen LogP contribution in [0, 0.1) is 5.41 Å². The minimum Gasteiger partial charge on any atom is -0.328 e. The minimum absolute atomic E-state index is 0.337. The van der Waals surface area contributed by atoms with E-state index in [1.165, 1.54) is 18.4 Å². The maximum absolute atomic E-state index is 6.28. The molecule has 2 rings (SSSR count). The molecule has 108 valence electrons. The molecule has 0 spiro atoms. The lowest BCUT2D eigenvalue weighted by molar-refractivity contribution is 0.231. The number of hydrogen-bond acceptors (Lipinski definition) is 3. The summed E-state index contributed by atoms with van der Waals surface area (Å²) in [5.74, 6) is 0. The van der Waals surface area contributed by atoms with Crippen LogP contribution in [0.1, 0.15) is 52.0 Å². The first-order chi connectivity index (χ1) is 8.94. The molecule has 1 aromatic rings. The summed E-state index contributed by atoms with van der Waals surface area (Å²) in [6, 6.07) is 3.40. The molecular formula is C16H28N2S. The zero-order chi connectivity index (χ0) is 13.9. The van der Waals surface area contributed by atoms with Crippen molar-refractivity contribution in [2.45, 2.75) is 65.1 Å². The van der Waals surface area contributed by atoms with Crippen molar-refractivity contribution in [2.24, 2.45) is 11.1 Å². The summed E-state index contributed by atoms with van der Waals surface area (Å²) in [7, 11) is 0. The van der Waals surface area contributed by atoms with E-state index in [1.54, 1.807) is 11.3 Å². The fourth-order valence-electron chi connectivity index (χ4n) is 2.67. The second kappa shape index (κ2) is 6.38. The van der Waals surface area contributed by atoms with Crippen LogP contribution in [0.15, 0.2) is 16.8 Å². The summed E-state index contributed by atoms with van der Waals surface area (Å²) in [6.45, 7) is 9.08. The smallest absolute Gasteiger partial charge is 0.0244 e. The van der Waals surface area contributed by atoms with Gasteiger partial charge < -0.3 is 5.73 Å². The fourth-order valence-corrected chi connectivity index (χ4v) is 3.33. The van der Waals surface area contributed by atoms with Crippen LogP contribution >= 0.6 is 11.3 Å². The maximum Gasteiger partial charge on any atom is 0.0244 e. The van der Waals surface area contributed by atoms with Crippen molar-refractivity contribution in [1.29, 1.82) is 0 Å². The molecule has 1 heterocycles. The summed E-state index contributed by atoms with van der Waals surface area (Å²) in [4.78, 5) is 2.63. The third-order valence-electron chi connectivity index (χ3n) is 3.69. The molecular weight excluding hydrogens is 252 g/mol. The first kappa shape index (κ1) is 15.0. The monoisotopic (exact) mass is 280 g/mol. The van der Waals surface area contributed by atoms with Crippen LogP contribution < -0.4 is 5.73 Å². The van der Waals surface area contributed by atoms with Gasteiger partial charge in [-0.2, -0.15) is 11.3 Å². The van der Waals surface area contributed by atoms with E-state index in [2.05, 4.69) is 42.5 Å². The van der Waals surface area contributed by atoms with Gasteiger partial charge in [0.15, 0.2) is 0 Å². The second-order valence-electron chi connectivity index (χ2n) is 7.15. The van der Waals surface area contributed by atoms with Crippen molar-refractivity contribution in [3.05, 3.63) is 22.4 Å². The predicted octanol–water partition coefficient (Wildman–Crippen LogP) is 3.87. The molecule has 0 bridgehead atoms. The highest BCUT2D eigenvalue weighted by Crippen LogP contribution is 2.29. The Morgan fingerprint density at radius 1 is 1.42 bits per heavy atom. The van der Waals surface area contributed by atoms with E-state index in [4.69, 9.17) is 5.73 Å². The van der Waals surface area contributed by atoms with Gasteiger partial charge in [0, 0.05) is 25.2 Å². The lowest BCUT2D eigenvalue weighted by Crippen LogP contribution is -2.33. The highest BCUT2D eigenvalue weighted by atomic mass is 32.1. The molecule has 1 fully saturated rings. The van der Waals surface area contributed by atoms with Gasteiger partial charge in [0.1, 0.15) is 0 Å². The molecule has 0 saturated heterocycles. The Balaban J connectivity index is 1.77. The van der Waals surface area contributed by atoms with E-state index in [0.29, 0.717) is 11.5 Å². The standard InChI is InChI=1S/C16H28N2S/c1-16(2,3)10-14(17)6-8-18(15-4-5-15)11-13-7-9-19-12-13/h7,9,12,14-15H,4-6,8,10-11,17H2,1-3H3. The summed E-state index contributed by atoms with van der Waals surface area (Å²) >= 11 is 1.79. The highest BCUT2D eigenvalue weighted by molar-refractivity contribution is 7.07. The number of rotatable bonds is 7. The lowest BCUT2D eigenvalue weighted by atomic mass is 9.87. The van der Waals surface area contributed by atoms with Crippen molar-refractivity contribution >= 4 is 11.3 Å². The molecule has 1 unspecified atom stereocenters. The number of hydrogen-bond donors (Lipinski definition) is 1.